The lowest BCUT2D eigenvalue weighted by Gasteiger charge is -2.13. The summed E-state index contributed by atoms with van der Waals surface area (Å²) < 4.78 is 46.2. The molecule has 0 saturated carbocycles. The number of amides is 2. The number of nitrogens with one attached hydrogen (secondary N) is 2. The maximum Gasteiger partial charge on any atom is 0.573 e. The highest BCUT2D eigenvalue weighted by Gasteiger charge is 2.32. The number of halogens is 3. The monoisotopic (exact) mass is 396 g/mol. The van der Waals surface area contributed by atoms with Gasteiger partial charge in [0.15, 0.2) is 11.5 Å². The molecule has 2 N–H and O–H groups in total. The molecule has 0 spiro atoms. The molecular formula is C17H11F3N2O4S. The summed E-state index contributed by atoms with van der Waals surface area (Å²) in [5.41, 5.74) is -0.130. The van der Waals surface area contributed by atoms with Gasteiger partial charge in [0.25, 0.3) is 11.8 Å². The van der Waals surface area contributed by atoms with Crippen LogP contribution in [0.3, 0.4) is 0 Å². The third kappa shape index (κ3) is 4.88. The van der Waals surface area contributed by atoms with Crippen LogP contribution in [0.1, 0.15) is 20.2 Å². The number of anilines is 2. The number of alkyl halides is 3. The molecule has 0 bridgehead atoms. The highest BCUT2D eigenvalue weighted by atomic mass is 32.1. The molecule has 0 aliphatic rings. The SMILES string of the molecule is O=C(Nc1ccc(C(=O)Nc2ccccc2OC(F)(F)F)s1)c1ccco1. The van der Waals surface area contributed by atoms with Crippen LogP contribution in [0, 0.1) is 0 Å². The normalized spacial score (nSPS) is 11.1. The van der Waals surface area contributed by atoms with E-state index in [-0.39, 0.29) is 16.3 Å². The lowest BCUT2D eigenvalue weighted by molar-refractivity contribution is -0.274. The second-order valence-corrected chi connectivity index (χ2v) is 6.18. The Morgan fingerprint density at radius 3 is 2.44 bits per heavy atom. The highest BCUT2D eigenvalue weighted by molar-refractivity contribution is 7.18. The minimum absolute atomic E-state index is 0.104. The maximum atomic E-state index is 12.4. The van der Waals surface area contributed by atoms with Crippen LogP contribution in [0.2, 0.25) is 0 Å². The smallest absolute Gasteiger partial charge is 0.459 e. The summed E-state index contributed by atoms with van der Waals surface area (Å²) in [4.78, 5) is 24.4. The van der Waals surface area contributed by atoms with Gasteiger partial charge in [-0.15, -0.1) is 24.5 Å². The summed E-state index contributed by atoms with van der Waals surface area (Å²) in [7, 11) is 0. The number of carbonyl (C=O) groups excluding carboxylic acids is 2. The number of hydrogen-bond donors (Lipinski definition) is 2. The van der Waals surface area contributed by atoms with Crippen LogP contribution in [0.5, 0.6) is 5.75 Å². The number of ether oxygens (including phenoxy) is 1. The Hall–Kier alpha value is -3.27. The van der Waals surface area contributed by atoms with E-state index in [2.05, 4.69) is 15.4 Å². The molecule has 2 aromatic heterocycles. The predicted molar refractivity (Wildman–Crippen MR) is 92.1 cm³/mol. The van der Waals surface area contributed by atoms with E-state index in [4.69, 9.17) is 4.42 Å². The third-order valence-electron chi connectivity index (χ3n) is 3.17. The van der Waals surface area contributed by atoms with Gasteiger partial charge in [0.2, 0.25) is 0 Å². The number of benzene rings is 1. The van der Waals surface area contributed by atoms with Gasteiger partial charge in [-0.25, -0.2) is 0 Å². The molecule has 2 heterocycles. The first-order chi connectivity index (χ1) is 12.8. The quantitative estimate of drug-likeness (QED) is 0.653. The van der Waals surface area contributed by atoms with Crippen molar-refractivity contribution in [3.05, 3.63) is 65.4 Å². The van der Waals surface area contributed by atoms with Gasteiger partial charge in [-0.2, -0.15) is 0 Å². The zero-order chi connectivity index (χ0) is 19.4. The van der Waals surface area contributed by atoms with Crippen LogP contribution in [-0.4, -0.2) is 18.2 Å². The van der Waals surface area contributed by atoms with Crippen molar-refractivity contribution >= 4 is 33.8 Å². The molecule has 27 heavy (non-hydrogen) atoms. The average Bonchev–Trinajstić information content (AvgIpc) is 3.26. The van der Waals surface area contributed by atoms with Gasteiger partial charge in [-0.3, -0.25) is 9.59 Å². The summed E-state index contributed by atoms with van der Waals surface area (Å²) >= 11 is 0.956. The molecule has 2 amide bonds. The molecule has 0 radical (unpaired) electrons. The Labute approximate surface area is 154 Å². The van der Waals surface area contributed by atoms with Crippen LogP contribution < -0.4 is 15.4 Å². The fourth-order valence-corrected chi connectivity index (χ4v) is 2.87. The molecule has 0 unspecified atom stereocenters. The highest BCUT2D eigenvalue weighted by Crippen LogP contribution is 2.31. The van der Waals surface area contributed by atoms with Crippen LogP contribution in [0.15, 0.2) is 59.2 Å². The molecule has 140 valence electrons. The second kappa shape index (κ2) is 7.54. The van der Waals surface area contributed by atoms with Crippen LogP contribution in [0.4, 0.5) is 23.9 Å². The standard InChI is InChI=1S/C17H11F3N2O4S/c18-17(19,20)26-11-5-2-1-4-10(11)21-16(24)13-7-8-14(27-13)22-15(23)12-6-3-9-25-12/h1-9H,(H,21,24)(H,22,23). The van der Waals surface area contributed by atoms with E-state index in [9.17, 15) is 22.8 Å². The fraction of sp³-hybridized carbons (Fsp3) is 0.0588. The molecule has 3 aromatic rings. The van der Waals surface area contributed by atoms with Crippen LogP contribution in [-0.2, 0) is 0 Å². The van der Waals surface area contributed by atoms with Crippen molar-refractivity contribution in [1.82, 2.24) is 0 Å². The Balaban J connectivity index is 1.69. The van der Waals surface area contributed by atoms with Gasteiger partial charge in [0.1, 0.15) is 0 Å². The Bertz CT molecular complexity index is 951. The molecular weight excluding hydrogens is 385 g/mol. The average molecular weight is 396 g/mol. The maximum absolute atomic E-state index is 12.4. The molecule has 1 aromatic carbocycles. The van der Waals surface area contributed by atoms with Gasteiger partial charge in [0, 0.05) is 0 Å². The number of hydrogen-bond acceptors (Lipinski definition) is 5. The molecule has 0 fully saturated rings. The van der Waals surface area contributed by atoms with Crippen molar-refractivity contribution in [1.29, 1.82) is 0 Å². The first kappa shape index (κ1) is 18.5. The zero-order valence-corrected chi connectivity index (χ0v) is 14.2. The van der Waals surface area contributed by atoms with E-state index in [0.29, 0.717) is 5.00 Å². The van der Waals surface area contributed by atoms with E-state index < -0.39 is 23.9 Å². The number of carbonyl (C=O) groups is 2. The number of thiophene rings is 1. The van der Waals surface area contributed by atoms with Crippen molar-refractivity contribution in [2.45, 2.75) is 6.36 Å². The molecule has 0 saturated heterocycles. The van der Waals surface area contributed by atoms with Crippen molar-refractivity contribution in [3.8, 4) is 5.75 Å². The van der Waals surface area contributed by atoms with E-state index in [1.165, 1.54) is 42.7 Å². The van der Waals surface area contributed by atoms with E-state index in [1.807, 2.05) is 0 Å². The van der Waals surface area contributed by atoms with Gasteiger partial charge in [-0.1, -0.05) is 12.1 Å². The largest absolute Gasteiger partial charge is 0.573 e. The first-order valence-electron chi connectivity index (χ1n) is 7.42. The summed E-state index contributed by atoms with van der Waals surface area (Å²) in [5.74, 6) is -1.55. The van der Waals surface area contributed by atoms with E-state index >= 15 is 0 Å². The first-order valence-corrected chi connectivity index (χ1v) is 8.24. The minimum Gasteiger partial charge on any atom is -0.459 e. The topological polar surface area (TPSA) is 80.6 Å². The lowest BCUT2D eigenvalue weighted by atomic mass is 10.3. The summed E-state index contributed by atoms with van der Waals surface area (Å²) in [5, 5.41) is 5.29. The second-order valence-electron chi connectivity index (χ2n) is 5.09. The molecule has 10 heteroatoms. The third-order valence-corrected chi connectivity index (χ3v) is 4.17. The minimum atomic E-state index is -4.88. The van der Waals surface area contributed by atoms with Crippen molar-refractivity contribution < 1.29 is 31.9 Å². The van der Waals surface area contributed by atoms with Crippen LogP contribution in [0.25, 0.3) is 0 Å². The van der Waals surface area contributed by atoms with Gasteiger partial charge in [-0.05, 0) is 36.4 Å². The van der Waals surface area contributed by atoms with Gasteiger partial charge >= 0.3 is 6.36 Å². The number of para-hydroxylation sites is 2. The Morgan fingerprint density at radius 2 is 1.74 bits per heavy atom. The number of rotatable bonds is 5. The van der Waals surface area contributed by atoms with Crippen molar-refractivity contribution in [2.75, 3.05) is 10.6 Å². The summed E-state index contributed by atoms with van der Waals surface area (Å²) in [6, 6.07) is 11.2. The summed E-state index contributed by atoms with van der Waals surface area (Å²) in [6.07, 6.45) is -3.53. The molecule has 0 aliphatic heterocycles. The van der Waals surface area contributed by atoms with E-state index in [1.54, 1.807) is 6.07 Å². The lowest BCUT2D eigenvalue weighted by Crippen LogP contribution is -2.19. The molecule has 0 aliphatic carbocycles. The van der Waals surface area contributed by atoms with Gasteiger partial charge in [0.05, 0.1) is 21.8 Å². The zero-order valence-electron chi connectivity index (χ0n) is 13.4. The van der Waals surface area contributed by atoms with Crippen molar-refractivity contribution in [2.24, 2.45) is 0 Å². The number of furan rings is 1. The van der Waals surface area contributed by atoms with Crippen molar-refractivity contribution in [3.63, 3.8) is 0 Å². The molecule has 6 nitrogen and oxygen atoms in total. The Kier molecular flexibility index (Phi) is 5.17. The predicted octanol–water partition coefficient (Wildman–Crippen LogP) is 4.74. The fourth-order valence-electron chi connectivity index (χ4n) is 2.08. The Morgan fingerprint density at radius 1 is 0.963 bits per heavy atom. The van der Waals surface area contributed by atoms with E-state index in [0.717, 1.165) is 17.4 Å². The van der Waals surface area contributed by atoms with Crippen LogP contribution >= 0.6 is 11.3 Å². The van der Waals surface area contributed by atoms with Gasteiger partial charge < -0.3 is 19.8 Å². The molecule has 3 rings (SSSR count). The molecule has 0 atom stereocenters. The summed E-state index contributed by atoms with van der Waals surface area (Å²) in [6.45, 7) is 0.